The molecule has 0 radical (unpaired) electrons. The number of hydrogen-bond donors (Lipinski definition) is 1. The van der Waals surface area contributed by atoms with E-state index in [1.54, 1.807) is 34.6 Å². The van der Waals surface area contributed by atoms with Gasteiger partial charge in [0.15, 0.2) is 5.82 Å². The number of nitrogens with one attached hydrogen (secondary N) is 1. The van der Waals surface area contributed by atoms with E-state index >= 15 is 0 Å². The quantitative estimate of drug-likeness (QED) is 0.714. The zero-order valence-electron chi connectivity index (χ0n) is 13.6. The van der Waals surface area contributed by atoms with Crippen molar-refractivity contribution in [1.29, 1.82) is 0 Å². The van der Waals surface area contributed by atoms with Gasteiger partial charge >= 0.3 is 0 Å². The molecule has 0 aliphatic heterocycles. The minimum atomic E-state index is -3.54. The van der Waals surface area contributed by atoms with Gasteiger partial charge in [0.1, 0.15) is 10.0 Å². The molecule has 0 saturated heterocycles. The van der Waals surface area contributed by atoms with Gasteiger partial charge in [0.2, 0.25) is 10.0 Å². The summed E-state index contributed by atoms with van der Waals surface area (Å²) < 4.78 is 29.4. The van der Waals surface area contributed by atoms with Crippen LogP contribution in [0.15, 0.2) is 40.2 Å². The minimum absolute atomic E-state index is 0.0850. The third-order valence-electron chi connectivity index (χ3n) is 4.03. The van der Waals surface area contributed by atoms with Crippen LogP contribution in [0.3, 0.4) is 0 Å². The van der Waals surface area contributed by atoms with Gasteiger partial charge in [-0.25, -0.2) is 22.8 Å². The van der Waals surface area contributed by atoms with Gasteiger partial charge < -0.3 is 0 Å². The van der Waals surface area contributed by atoms with Crippen LogP contribution in [0.4, 0.5) is 0 Å². The molecular formula is C16H17N5O2S2. The highest BCUT2D eigenvalue weighted by Crippen LogP contribution is 2.38. The molecule has 0 spiro atoms. The Hall–Kier alpha value is -2.10. The molecule has 1 fully saturated rings. The third-order valence-corrected chi connectivity index (χ3v) is 6.83. The van der Waals surface area contributed by atoms with E-state index in [0.29, 0.717) is 16.0 Å². The molecule has 1 aliphatic carbocycles. The summed E-state index contributed by atoms with van der Waals surface area (Å²) >= 11 is 1.19. The van der Waals surface area contributed by atoms with Crippen molar-refractivity contribution in [3.05, 3.63) is 53.2 Å². The third kappa shape index (κ3) is 3.35. The highest BCUT2D eigenvalue weighted by molar-refractivity contribution is 7.91. The zero-order valence-corrected chi connectivity index (χ0v) is 15.2. The van der Waals surface area contributed by atoms with E-state index in [4.69, 9.17) is 0 Å². The molecule has 9 heteroatoms. The first kappa shape index (κ1) is 16.4. The van der Waals surface area contributed by atoms with E-state index in [0.717, 1.165) is 29.9 Å². The predicted octanol–water partition coefficient (Wildman–Crippen LogP) is 2.39. The molecule has 0 atom stereocenters. The summed E-state index contributed by atoms with van der Waals surface area (Å²) in [6.07, 6.45) is 5.62. The van der Waals surface area contributed by atoms with Gasteiger partial charge in [-0.15, -0.1) is 11.3 Å². The van der Waals surface area contributed by atoms with Crippen molar-refractivity contribution < 1.29 is 8.42 Å². The molecule has 4 rings (SSSR count). The first-order valence-corrected chi connectivity index (χ1v) is 10.3. The molecule has 130 valence electrons. The van der Waals surface area contributed by atoms with Crippen LogP contribution in [-0.4, -0.2) is 28.2 Å². The molecule has 0 aromatic carbocycles. The van der Waals surface area contributed by atoms with E-state index in [9.17, 15) is 8.42 Å². The van der Waals surface area contributed by atoms with E-state index < -0.39 is 10.0 Å². The second-order valence-corrected chi connectivity index (χ2v) is 8.93. The van der Waals surface area contributed by atoms with Gasteiger partial charge in [-0.1, -0.05) is 6.07 Å². The molecule has 3 aromatic heterocycles. The van der Waals surface area contributed by atoms with Gasteiger partial charge in [0, 0.05) is 18.3 Å². The molecule has 3 aromatic rings. The van der Waals surface area contributed by atoms with Crippen LogP contribution in [0.25, 0.3) is 5.69 Å². The maximum absolute atomic E-state index is 12.4. The average molecular weight is 375 g/mol. The lowest BCUT2D eigenvalue weighted by molar-refractivity contribution is 0.580. The normalized spacial score (nSPS) is 14.8. The fraction of sp³-hybridized carbons (Fsp3) is 0.312. The molecule has 1 N–H and O–H groups in total. The molecular weight excluding hydrogens is 358 g/mol. The zero-order chi connectivity index (χ0) is 17.4. The summed E-state index contributed by atoms with van der Waals surface area (Å²) in [6, 6.07) is 5.16. The number of rotatable bonds is 6. The van der Waals surface area contributed by atoms with Crippen molar-refractivity contribution in [3.8, 4) is 5.69 Å². The Morgan fingerprint density at radius 1 is 1.36 bits per heavy atom. The monoisotopic (exact) mass is 375 g/mol. The first-order valence-electron chi connectivity index (χ1n) is 7.94. The van der Waals surface area contributed by atoms with Crippen molar-refractivity contribution in [2.45, 2.75) is 36.4 Å². The number of aromatic nitrogens is 4. The molecule has 1 saturated carbocycles. The number of nitrogens with zero attached hydrogens (tertiary/aromatic N) is 4. The van der Waals surface area contributed by atoms with Gasteiger partial charge in [0.05, 0.1) is 12.2 Å². The van der Waals surface area contributed by atoms with Crippen LogP contribution >= 0.6 is 11.3 Å². The van der Waals surface area contributed by atoms with E-state index in [1.165, 1.54) is 11.3 Å². The summed E-state index contributed by atoms with van der Waals surface area (Å²) in [4.78, 5) is 8.68. The van der Waals surface area contributed by atoms with Gasteiger partial charge in [-0.2, -0.15) is 5.10 Å². The highest BCUT2D eigenvalue weighted by Gasteiger charge is 2.29. The molecule has 0 bridgehead atoms. The molecule has 3 heterocycles. The predicted molar refractivity (Wildman–Crippen MR) is 94.2 cm³/mol. The number of pyridine rings is 1. The second kappa shape index (κ2) is 6.32. The Kier molecular flexibility index (Phi) is 4.14. The second-order valence-electron chi connectivity index (χ2n) is 5.99. The number of sulfonamides is 1. The molecule has 1 aliphatic rings. The number of aryl methyl sites for hydroxylation is 1. The summed E-state index contributed by atoms with van der Waals surface area (Å²) in [7, 11) is -3.54. The van der Waals surface area contributed by atoms with E-state index in [2.05, 4.69) is 19.8 Å². The molecule has 0 amide bonds. The topological polar surface area (TPSA) is 89.8 Å². The standard InChI is InChI=1S/C16H17N5O2S2/c1-11-9-17-7-6-13(11)21-14(19-16(20-21)12-4-5-12)10-18-25(22,23)15-3-2-8-24-15/h2-3,6-9,12,18H,4-5,10H2,1H3. The fourth-order valence-electron chi connectivity index (χ4n) is 2.53. The first-order chi connectivity index (χ1) is 12.0. The highest BCUT2D eigenvalue weighted by atomic mass is 32.2. The summed E-state index contributed by atoms with van der Waals surface area (Å²) in [5.41, 5.74) is 1.82. The van der Waals surface area contributed by atoms with Crippen molar-refractivity contribution in [3.63, 3.8) is 0 Å². The van der Waals surface area contributed by atoms with E-state index in [1.807, 2.05) is 13.0 Å². The van der Waals surface area contributed by atoms with Gasteiger partial charge in [-0.05, 0) is 42.8 Å². The smallest absolute Gasteiger partial charge is 0.250 e. The Morgan fingerprint density at radius 2 is 2.20 bits per heavy atom. The Bertz CT molecular complexity index is 991. The van der Waals surface area contributed by atoms with Crippen LogP contribution < -0.4 is 4.72 Å². The fourth-order valence-corrected chi connectivity index (χ4v) is 4.55. The Labute approximate surface area is 149 Å². The van der Waals surface area contributed by atoms with Crippen LogP contribution in [0.2, 0.25) is 0 Å². The maximum Gasteiger partial charge on any atom is 0.250 e. The van der Waals surface area contributed by atoms with Gasteiger partial charge in [-0.3, -0.25) is 4.98 Å². The summed E-state index contributed by atoms with van der Waals surface area (Å²) in [6.45, 7) is 2.03. The Balaban J connectivity index is 1.66. The van der Waals surface area contributed by atoms with E-state index in [-0.39, 0.29) is 6.54 Å². The molecule has 7 nitrogen and oxygen atoms in total. The van der Waals surface area contributed by atoms with Crippen molar-refractivity contribution in [1.82, 2.24) is 24.5 Å². The largest absolute Gasteiger partial charge is 0.264 e. The van der Waals surface area contributed by atoms with Crippen molar-refractivity contribution in [2.24, 2.45) is 0 Å². The minimum Gasteiger partial charge on any atom is -0.264 e. The van der Waals surface area contributed by atoms with Crippen LogP contribution in [0.1, 0.15) is 36.0 Å². The van der Waals surface area contributed by atoms with Crippen LogP contribution in [0, 0.1) is 6.92 Å². The lowest BCUT2D eigenvalue weighted by Crippen LogP contribution is -2.24. The number of hydrogen-bond acceptors (Lipinski definition) is 6. The molecule has 0 unspecified atom stereocenters. The lowest BCUT2D eigenvalue weighted by atomic mass is 10.2. The SMILES string of the molecule is Cc1cnccc1-n1nc(C2CC2)nc1CNS(=O)(=O)c1cccs1. The van der Waals surface area contributed by atoms with Crippen molar-refractivity contribution in [2.75, 3.05) is 0 Å². The van der Waals surface area contributed by atoms with Crippen LogP contribution in [0.5, 0.6) is 0 Å². The molecule has 25 heavy (non-hydrogen) atoms. The van der Waals surface area contributed by atoms with Crippen molar-refractivity contribution >= 4 is 21.4 Å². The Morgan fingerprint density at radius 3 is 2.88 bits per heavy atom. The number of thiophene rings is 1. The van der Waals surface area contributed by atoms with Crippen LogP contribution in [-0.2, 0) is 16.6 Å². The summed E-state index contributed by atoms with van der Waals surface area (Å²) in [5.74, 6) is 1.74. The summed E-state index contributed by atoms with van der Waals surface area (Å²) in [5, 5.41) is 6.35. The van der Waals surface area contributed by atoms with Gasteiger partial charge in [0.25, 0.3) is 0 Å². The maximum atomic E-state index is 12.4. The lowest BCUT2D eigenvalue weighted by Gasteiger charge is -2.09. The average Bonchev–Trinajstić information content (AvgIpc) is 3.12.